The minimum absolute atomic E-state index is 0.0224. The number of aryl methyl sites for hydroxylation is 1. The van der Waals surface area contributed by atoms with E-state index in [2.05, 4.69) is 136 Å². The summed E-state index contributed by atoms with van der Waals surface area (Å²) in [7, 11) is -3.75. The molecule has 0 bridgehead atoms. The standard InChI is InChI=1S/C40H66O4Si2/c1-38(2,3)45(9,10)42-30-35-26-25-34(29-36(35)31-43-46(11,12)39(4,5)6)24-23-33-21-19-32(20-22-33)17-13-15-27-40(7,8)44-37-18-14-16-28-41-37/h19-26,29,37H,13-18,27-28,30-31H2,1-12H3. The fourth-order valence-electron chi connectivity index (χ4n) is 5.06. The molecule has 2 aromatic carbocycles. The average Bonchev–Trinajstić information content (AvgIpc) is 2.96. The van der Waals surface area contributed by atoms with E-state index >= 15 is 0 Å². The Kier molecular flexibility index (Phi) is 13.7. The van der Waals surface area contributed by atoms with Gasteiger partial charge in [-0.2, -0.15) is 0 Å². The second-order valence-corrected chi connectivity index (χ2v) is 26.7. The Morgan fingerprint density at radius 2 is 1.28 bits per heavy atom. The number of ether oxygens (including phenoxy) is 2. The highest BCUT2D eigenvalue weighted by atomic mass is 28.4. The van der Waals surface area contributed by atoms with Gasteiger partial charge in [0.05, 0.1) is 18.8 Å². The van der Waals surface area contributed by atoms with Crippen LogP contribution in [-0.2, 0) is 38.0 Å². The molecule has 0 aromatic heterocycles. The molecule has 0 radical (unpaired) electrons. The molecular formula is C40H66O4Si2. The molecule has 2 aromatic rings. The van der Waals surface area contributed by atoms with Gasteiger partial charge in [-0.25, -0.2) is 0 Å². The van der Waals surface area contributed by atoms with E-state index in [9.17, 15) is 0 Å². The Labute approximate surface area is 284 Å². The molecule has 0 amide bonds. The monoisotopic (exact) mass is 666 g/mol. The summed E-state index contributed by atoms with van der Waals surface area (Å²) in [5.41, 5.74) is 6.14. The molecular weight excluding hydrogens is 601 g/mol. The Balaban J connectivity index is 1.61. The van der Waals surface area contributed by atoms with E-state index in [4.69, 9.17) is 18.3 Å². The normalized spacial score (nSPS) is 17.2. The lowest BCUT2D eigenvalue weighted by molar-refractivity contribution is -0.217. The maximum atomic E-state index is 6.70. The van der Waals surface area contributed by atoms with Crippen molar-refractivity contribution in [3.05, 3.63) is 70.3 Å². The molecule has 1 atom stereocenters. The van der Waals surface area contributed by atoms with E-state index in [1.807, 2.05) is 0 Å². The first-order chi connectivity index (χ1) is 21.3. The summed E-state index contributed by atoms with van der Waals surface area (Å²) in [6, 6.07) is 15.8. The van der Waals surface area contributed by atoms with Crippen LogP contribution in [0.5, 0.6) is 0 Å². The molecule has 0 N–H and O–H groups in total. The quantitative estimate of drug-likeness (QED) is 0.108. The van der Waals surface area contributed by atoms with Crippen molar-refractivity contribution in [2.24, 2.45) is 0 Å². The zero-order valence-corrected chi connectivity index (χ0v) is 33.5. The smallest absolute Gasteiger partial charge is 0.192 e. The lowest BCUT2D eigenvalue weighted by atomic mass is 9.98. The second kappa shape index (κ2) is 16.2. The van der Waals surface area contributed by atoms with Crippen molar-refractivity contribution in [2.75, 3.05) is 6.61 Å². The van der Waals surface area contributed by atoms with E-state index in [-0.39, 0.29) is 22.0 Å². The average molecular weight is 667 g/mol. The minimum atomic E-state index is -1.89. The van der Waals surface area contributed by atoms with Crippen LogP contribution >= 0.6 is 0 Å². The third-order valence-corrected chi connectivity index (χ3v) is 19.5. The summed E-state index contributed by atoms with van der Waals surface area (Å²) in [5, 5.41) is 0.350. The van der Waals surface area contributed by atoms with E-state index in [0.29, 0.717) is 13.2 Å². The molecule has 6 heteroatoms. The molecule has 4 nitrogen and oxygen atoms in total. The van der Waals surface area contributed by atoms with Crippen molar-refractivity contribution >= 4 is 28.8 Å². The highest BCUT2D eigenvalue weighted by molar-refractivity contribution is 6.74. The van der Waals surface area contributed by atoms with E-state index < -0.39 is 16.6 Å². The maximum Gasteiger partial charge on any atom is 0.192 e. The molecule has 0 aliphatic carbocycles. The Bertz CT molecular complexity index is 1240. The van der Waals surface area contributed by atoms with Gasteiger partial charge in [0, 0.05) is 6.61 Å². The molecule has 258 valence electrons. The Morgan fingerprint density at radius 1 is 0.717 bits per heavy atom. The van der Waals surface area contributed by atoms with Gasteiger partial charge in [-0.15, -0.1) is 0 Å². The van der Waals surface area contributed by atoms with E-state index in [1.165, 1.54) is 40.7 Å². The third kappa shape index (κ3) is 12.2. The third-order valence-electron chi connectivity index (χ3n) is 10.6. The van der Waals surface area contributed by atoms with Crippen molar-refractivity contribution < 1.29 is 18.3 Å². The molecule has 1 aliphatic heterocycles. The van der Waals surface area contributed by atoms with Gasteiger partial charge in [-0.3, -0.25) is 0 Å². The lowest BCUT2D eigenvalue weighted by Crippen LogP contribution is -2.41. The molecule has 1 unspecified atom stereocenters. The van der Waals surface area contributed by atoms with Crippen LogP contribution < -0.4 is 0 Å². The van der Waals surface area contributed by atoms with Crippen LogP contribution in [0.3, 0.4) is 0 Å². The van der Waals surface area contributed by atoms with Crippen LogP contribution in [0.15, 0.2) is 42.5 Å². The summed E-state index contributed by atoms with van der Waals surface area (Å²) in [4.78, 5) is 0. The number of benzene rings is 2. The highest BCUT2D eigenvalue weighted by Crippen LogP contribution is 2.39. The van der Waals surface area contributed by atoms with Crippen LogP contribution in [0.2, 0.25) is 36.3 Å². The number of unbranched alkanes of at least 4 members (excludes halogenated alkanes) is 1. The van der Waals surface area contributed by atoms with Gasteiger partial charge in [0.2, 0.25) is 0 Å². The van der Waals surface area contributed by atoms with Crippen molar-refractivity contribution in [3.8, 4) is 0 Å². The predicted molar refractivity (Wildman–Crippen MR) is 202 cm³/mol. The van der Waals surface area contributed by atoms with Gasteiger partial charge in [-0.1, -0.05) is 96.5 Å². The first kappa shape index (κ1) is 38.9. The van der Waals surface area contributed by atoms with Gasteiger partial charge < -0.3 is 18.3 Å². The molecule has 1 aliphatic rings. The number of rotatable bonds is 15. The molecule has 0 spiro atoms. The van der Waals surface area contributed by atoms with Crippen LogP contribution in [-0.4, -0.2) is 35.1 Å². The van der Waals surface area contributed by atoms with Crippen LogP contribution in [0.25, 0.3) is 12.2 Å². The molecule has 1 fully saturated rings. The molecule has 1 heterocycles. The summed E-state index contributed by atoms with van der Waals surface area (Å²) in [5.74, 6) is 0. The van der Waals surface area contributed by atoms with Crippen molar-refractivity contribution in [3.63, 3.8) is 0 Å². The molecule has 0 saturated carbocycles. The van der Waals surface area contributed by atoms with Crippen molar-refractivity contribution in [2.45, 2.75) is 162 Å². The lowest BCUT2D eigenvalue weighted by Gasteiger charge is -2.37. The second-order valence-electron chi connectivity index (χ2n) is 17.1. The highest BCUT2D eigenvalue weighted by Gasteiger charge is 2.38. The van der Waals surface area contributed by atoms with Gasteiger partial charge in [-0.05, 0) is 123 Å². The topological polar surface area (TPSA) is 36.9 Å². The first-order valence-corrected chi connectivity index (χ1v) is 23.6. The number of hydrogen-bond donors (Lipinski definition) is 0. The fraction of sp³-hybridized carbons (Fsp3) is 0.650. The van der Waals surface area contributed by atoms with Gasteiger partial charge in [0.1, 0.15) is 0 Å². The predicted octanol–water partition coefficient (Wildman–Crippen LogP) is 11.9. The summed E-state index contributed by atoms with van der Waals surface area (Å²) >= 11 is 0. The van der Waals surface area contributed by atoms with Gasteiger partial charge in [0.15, 0.2) is 22.9 Å². The van der Waals surface area contributed by atoms with Crippen molar-refractivity contribution in [1.29, 1.82) is 0 Å². The summed E-state index contributed by atoms with van der Waals surface area (Å²) in [6.45, 7) is 29.6. The maximum absolute atomic E-state index is 6.70. The Morgan fingerprint density at radius 3 is 1.85 bits per heavy atom. The largest absolute Gasteiger partial charge is 0.413 e. The van der Waals surface area contributed by atoms with E-state index in [1.54, 1.807) is 0 Å². The van der Waals surface area contributed by atoms with Crippen LogP contribution in [0.4, 0.5) is 0 Å². The van der Waals surface area contributed by atoms with Crippen LogP contribution in [0.1, 0.15) is 122 Å². The van der Waals surface area contributed by atoms with Gasteiger partial charge in [0.25, 0.3) is 0 Å². The molecule has 3 rings (SSSR count). The zero-order chi connectivity index (χ0) is 34.2. The molecule has 46 heavy (non-hydrogen) atoms. The van der Waals surface area contributed by atoms with E-state index in [0.717, 1.165) is 38.7 Å². The van der Waals surface area contributed by atoms with Crippen molar-refractivity contribution in [1.82, 2.24) is 0 Å². The van der Waals surface area contributed by atoms with Gasteiger partial charge >= 0.3 is 0 Å². The fourth-order valence-corrected chi connectivity index (χ4v) is 6.96. The zero-order valence-electron chi connectivity index (χ0n) is 31.5. The summed E-state index contributed by atoms with van der Waals surface area (Å²) < 4.78 is 25.4. The van der Waals surface area contributed by atoms with Crippen LogP contribution in [0, 0.1) is 0 Å². The summed E-state index contributed by atoms with van der Waals surface area (Å²) in [6.07, 6.45) is 12.3. The first-order valence-electron chi connectivity index (χ1n) is 17.7. The molecule has 1 saturated heterocycles. The SMILES string of the molecule is CC(C)(CCCCc1ccc(C=Cc2ccc(CO[Si](C)(C)C(C)(C)C)c(CO[Si](C)(C)C(C)(C)C)c2)cc1)OC1CCCCO1. The Hall–Kier alpha value is -1.55. The number of hydrogen-bond acceptors (Lipinski definition) is 4. The minimum Gasteiger partial charge on any atom is -0.413 e.